The van der Waals surface area contributed by atoms with Crippen LogP contribution in [-0.2, 0) is 47.5 Å². The predicted octanol–water partition coefficient (Wildman–Crippen LogP) is 3.71. The van der Waals surface area contributed by atoms with E-state index in [9.17, 15) is 29.7 Å². The molecule has 3 rings (SSSR count). The van der Waals surface area contributed by atoms with E-state index in [1.807, 2.05) is 32.8 Å². The van der Waals surface area contributed by atoms with E-state index in [4.69, 9.17) is 37.9 Å². The number of aliphatic hydroxyl groups is 3. The quantitative estimate of drug-likeness (QED) is 0.232. The third kappa shape index (κ3) is 11.2. The van der Waals surface area contributed by atoms with E-state index in [1.165, 1.54) is 27.3 Å². The third-order valence-electron chi connectivity index (χ3n) is 12.8. The van der Waals surface area contributed by atoms with Crippen molar-refractivity contribution in [3.63, 3.8) is 0 Å². The van der Waals surface area contributed by atoms with Crippen molar-refractivity contribution in [3.8, 4) is 0 Å². The molecule has 336 valence electrons. The van der Waals surface area contributed by atoms with Gasteiger partial charge in [0, 0.05) is 50.6 Å². The lowest BCUT2D eigenvalue weighted by atomic mass is 9.74. The lowest BCUT2D eigenvalue weighted by Gasteiger charge is -2.50. The number of amides is 1. The molecule has 4 N–H and O–H groups in total. The fourth-order valence-corrected chi connectivity index (χ4v) is 9.09. The largest absolute Gasteiger partial charge is 0.459 e. The number of hydrogen-bond donors (Lipinski definition) is 4. The number of likely N-dealkylation sites (N-methyl/N-ethyl adjacent to an activating group) is 1. The van der Waals surface area contributed by atoms with E-state index >= 15 is 0 Å². The summed E-state index contributed by atoms with van der Waals surface area (Å²) >= 11 is 0. The van der Waals surface area contributed by atoms with Gasteiger partial charge in [-0.25, -0.2) is 4.79 Å². The first-order valence-corrected chi connectivity index (χ1v) is 20.7. The summed E-state index contributed by atoms with van der Waals surface area (Å²) in [7, 11) is 6.74. The minimum absolute atomic E-state index is 0.0713. The number of esters is 1. The zero-order valence-corrected chi connectivity index (χ0v) is 37.4. The second-order valence-corrected chi connectivity index (χ2v) is 17.7. The summed E-state index contributed by atoms with van der Waals surface area (Å²) in [5, 5.41) is 37.4. The summed E-state index contributed by atoms with van der Waals surface area (Å²) in [6.07, 6.45) is -6.70. The van der Waals surface area contributed by atoms with Gasteiger partial charge < -0.3 is 58.1 Å². The second kappa shape index (κ2) is 20.5. The van der Waals surface area contributed by atoms with Gasteiger partial charge in [-0.3, -0.25) is 14.9 Å². The molecule has 16 nitrogen and oxygen atoms in total. The molecule has 0 aliphatic carbocycles. The summed E-state index contributed by atoms with van der Waals surface area (Å²) in [6.45, 7) is 18.8. The number of hydrogen-bond acceptors (Lipinski definition) is 15. The summed E-state index contributed by atoms with van der Waals surface area (Å²) in [5.41, 5.74) is -4.39. The van der Waals surface area contributed by atoms with Gasteiger partial charge in [0.05, 0.1) is 42.0 Å². The molecule has 58 heavy (non-hydrogen) atoms. The molecule has 0 aromatic carbocycles. The Labute approximate surface area is 345 Å². The Morgan fingerprint density at radius 3 is 2.09 bits per heavy atom. The Morgan fingerprint density at radius 2 is 1.53 bits per heavy atom. The standard InChI is InChI=1S/C42H74N2O14/c1-16-18-43-39(49)58-36-27(8)54-30(21-41(36,10)52-15)56-33-25(6)35(57-38-32(46)28(44(12)13)19-23(4)53-38)40(9,51-14)20-22(3)31(45)24(5)34(47)42(11,50)29(17-2)55-37(48)26(33)7/h16,18,22-30,32-36,38,46-47,50H,17,19-21H2,1-15H3,(H,43,49)/b18-16+/t22-,23-,24+,25+,26-,27+,28+,29-,30+,32-,33+,34-,35-,36+,38+,40-,41-,42-/m1/s1. The van der Waals surface area contributed by atoms with Gasteiger partial charge in [-0.15, -0.1) is 0 Å². The van der Waals surface area contributed by atoms with Crippen LogP contribution in [0.1, 0.15) is 102 Å². The zero-order chi connectivity index (χ0) is 44.1. The average Bonchev–Trinajstić information content (AvgIpc) is 3.17. The van der Waals surface area contributed by atoms with Crippen molar-refractivity contribution in [2.75, 3.05) is 28.3 Å². The fourth-order valence-electron chi connectivity index (χ4n) is 9.09. The average molecular weight is 831 g/mol. The molecular formula is C42H74N2O14. The maximum atomic E-state index is 14.4. The molecular weight excluding hydrogens is 756 g/mol. The first-order chi connectivity index (χ1) is 26.9. The van der Waals surface area contributed by atoms with Crippen LogP contribution in [0.15, 0.2) is 12.3 Å². The molecule has 0 saturated carbocycles. The van der Waals surface area contributed by atoms with Crippen LogP contribution in [0.25, 0.3) is 0 Å². The van der Waals surface area contributed by atoms with Crippen LogP contribution in [0.2, 0.25) is 0 Å². The van der Waals surface area contributed by atoms with Crippen molar-refractivity contribution in [2.45, 2.75) is 186 Å². The number of Topliss-reactive ketones (excluding diaryl/α,β-unsaturated/α-hetero) is 1. The lowest BCUT2D eigenvalue weighted by Crippen LogP contribution is -2.62. The van der Waals surface area contributed by atoms with Crippen LogP contribution in [0, 0.1) is 23.7 Å². The minimum atomic E-state index is -1.99. The highest BCUT2D eigenvalue weighted by Crippen LogP contribution is 2.42. The summed E-state index contributed by atoms with van der Waals surface area (Å²) in [6, 6.07) is -0.307. The van der Waals surface area contributed by atoms with Crippen molar-refractivity contribution in [1.82, 2.24) is 10.2 Å². The Morgan fingerprint density at radius 1 is 0.931 bits per heavy atom. The van der Waals surface area contributed by atoms with Crippen LogP contribution in [0.4, 0.5) is 4.79 Å². The molecule has 3 aliphatic rings. The van der Waals surface area contributed by atoms with Gasteiger partial charge in [0.15, 0.2) is 18.7 Å². The number of carbonyl (C=O) groups excluding carboxylic acids is 3. The summed E-state index contributed by atoms with van der Waals surface area (Å²) in [5.74, 6) is -4.66. The second-order valence-electron chi connectivity index (χ2n) is 17.7. The normalized spacial score (nSPS) is 45.1. The molecule has 16 heteroatoms. The maximum Gasteiger partial charge on any atom is 0.411 e. The van der Waals surface area contributed by atoms with Gasteiger partial charge in [-0.2, -0.15) is 0 Å². The molecule has 3 aliphatic heterocycles. The van der Waals surface area contributed by atoms with Gasteiger partial charge >= 0.3 is 12.1 Å². The number of rotatable bonds is 10. The maximum absolute atomic E-state index is 14.4. The van der Waals surface area contributed by atoms with Crippen molar-refractivity contribution in [1.29, 1.82) is 0 Å². The number of alkyl carbamates (subject to hydrolysis) is 1. The van der Waals surface area contributed by atoms with E-state index in [0.29, 0.717) is 6.42 Å². The lowest BCUT2D eigenvalue weighted by molar-refractivity contribution is -0.319. The van der Waals surface area contributed by atoms with Crippen LogP contribution >= 0.6 is 0 Å². The number of nitrogens with zero attached hydrogens (tertiary/aromatic N) is 1. The molecule has 3 fully saturated rings. The van der Waals surface area contributed by atoms with Gasteiger partial charge in [0.2, 0.25) is 0 Å². The first kappa shape index (κ1) is 50.1. The van der Waals surface area contributed by atoms with Crippen molar-refractivity contribution in [2.24, 2.45) is 23.7 Å². The van der Waals surface area contributed by atoms with Gasteiger partial charge in [0.1, 0.15) is 29.2 Å². The molecule has 0 bridgehead atoms. The van der Waals surface area contributed by atoms with Gasteiger partial charge in [0.25, 0.3) is 0 Å². The number of aliphatic hydroxyl groups excluding tert-OH is 2. The number of ether oxygens (including phenoxy) is 8. The molecule has 0 unspecified atom stereocenters. The van der Waals surface area contributed by atoms with E-state index in [-0.39, 0.29) is 37.2 Å². The number of carbonyl (C=O) groups is 3. The number of cyclic esters (lactones) is 1. The van der Waals surface area contributed by atoms with E-state index < -0.39 is 108 Å². The smallest absolute Gasteiger partial charge is 0.411 e. The molecule has 3 heterocycles. The van der Waals surface area contributed by atoms with Crippen LogP contribution < -0.4 is 5.32 Å². The summed E-state index contributed by atoms with van der Waals surface area (Å²) < 4.78 is 50.4. The molecule has 0 aromatic heterocycles. The number of allylic oxidation sites excluding steroid dienone is 1. The van der Waals surface area contributed by atoms with Crippen LogP contribution in [0.5, 0.6) is 0 Å². The fraction of sp³-hybridized carbons (Fsp3) is 0.881. The SMILES string of the molecule is C/C=C/NC(=O)O[C@H]1[C@H](C)O[C@@H](O[C@H]2[C@H](C)[C@@H](O[C@@H]3O[C@H](C)C[C@H](N(C)C)[C@H]3O)[C@](C)(OC)C[C@@H](C)C(=O)[C@H](C)[C@@H](O)[C@](C)(O)[C@@H](CC)OC(=O)[C@@H]2C)C[C@@]1(C)OC. The Balaban J connectivity index is 2.20. The molecule has 18 atom stereocenters. The molecule has 1 amide bonds. The topological polar surface area (TPSA) is 201 Å². The minimum Gasteiger partial charge on any atom is -0.459 e. The Hall–Kier alpha value is -2.25. The highest BCUT2D eigenvalue weighted by Gasteiger charge is 2.55. The molecule has 3 saturated heterocycles. The molecule has 0 radical (unpaired) electrons. The predicted molar refractivity (Wildman–Crippen MR) is 213 cm³/mol. The highest BCUT2D eigenvalue weighted by atomic mass is 16.7. The van der Waals surface area contributed by atoms with E-state index in [1.54, 1.807) is 61.5 Å². The van der Waals surface area contributed by atoms with E-state index in [2.05, 4.69) is 5.32 Å². The van der Waals surface area contributed by atoms with Crippen LogP contribution in [-0.4, -0.2) is 151 Å². The number of nitrogens with one attached hydrogen (secondary N) is 1. The highest BCUT2D eigenvalue weighted by molar-refractivity contribution is 5.83. The Kier molecular flexibility index (Phi) is 17.7. The molecule has 0 spiro atoms. The number of ketones is 1. The zero-order valence-electron chi connectivity index (χ0n) is 37.4. The Bertz CT molecular complexity index is 1400. The third-order valence-corrected chi connectivity index (χ3v) is 12.8. The van der Waals surface area contributed by atoms with Crippen molar-refractivity contribution < 1.29 is 67.6 Å². The van der Waals surface area contributed by atoms with E-state index in [0.717, 1.165) is 0 Å². The monoisotopic (exact) mass is 831 g/mol. The van der Waals surface area contributed by atoms with Gasteiger partial charge in [-0.1, -0.05) is 33.8 Å². The van der Waals surface area contributed by atoms with Crippen molar-refractivity contribution >= 4 is 17.8 Å². The molecule has 0 aromatic rings. The number of methoxy groups -OCH3 is 2. The van der Waals surface area contributed by atoms with Crippen LogP contribution in [0.3, 0.4) is 0 Å². The van der Waals surface area contributed by atoms with Gasteiger partial charge in [-0.05, 0) is 81.8 Å². The van der Waals surface area contributed by atoms with Crippen molar-refractivity contribution in [3.05, 3.63) is 12.3 Å². The summed E-state index contributed by atoms with van der Waals surface area (Å²) in [4.78, 5) is 43.0. The first-order valence-electron chi connectivity index (χ1n) is 20.7.